The van der Waals surface area contributed by atoms with Gasteiger partial charge in [-0.15, -0.1) is 0 Å². The van der Waals surface area contributed by atoms with Gasteiger partial charge in [-0.3, -0.25) is 4.79 Å². The molecule has 0 radical (unpaired) electrons. The number of methoxy groups -OCH3 is 1. The van der Waals surface area contributed by atoms with E-state index in [1.54, 1.807) is 7.11 Å². The molecule has 0 aromatic heterocycles. The van der Waals surface area contributed by atoms with E-state index in [9.17, 15) is 4.79 Å². The summed E-state index contributed by atoms with van der Waals surface area (Å²) in [5, 5.41) is 0. The highest BCUT2D eigenvalue weighted by Gasteiger charge is 2.23. The fourth-order valence-corrected chi connectivity index (χ4v) is 2.57. The van der Waals surface area contributed by atoms with Gasteiger partial charge < -0.3 is 9.64 Å². The van der Waals surface area contributed by atoms with Gasteiger partial charge in [0.15, 0.2) is 0 Å². The summed E-state index contributed by atoms with van der Waals surface area (Å²) in [5.41, 5.74) is 0.706. The minimum atomic E-state index is 0.0586. The maximum absolute atomic E-state index is 12.6. The number of amides is 1. The largest absolute Gasteiger partial charge is 0.497 e. The van der Waals surface area contributed by atoms with Crippen LogP contribution in [0.25, 0.3) is 0 Å². The summed E-state index contributed by atoms with van der Waals surface area (Å²) >= 11 is 2.19. The highest BCUT2D eigenvalue weighted by molar-refractivity contribution is 14.1. The van der Waals surface area contributed by atoms with Crippen molar-refractivity contribution in [2.45, 2.75) is 39.8 Å². The number of rotatable bonds is 4. The molecule has 0 N–H and O–H groups in total. The van der Waals surface area contributed by atoms with Crippen LogP contribution in [0, 0.1) is 3.57 Å². The van der Waals surface area contributed by atoms with Gasteiger partial charge in [0, 0.05) is 15.7 Å². The van der Waals surface area contributed by atoms with Crippen molar-refractivity contribution in [1.82, 2.24) is 4.90 Å². The molecule has 0 fully saturated rings. The van der Waals surface area contributed by atoms with Crippen LogP contribution in [-0.2, 0) is 0 Å². The Bertz CT molecular complexity index is 422. The lowest BCUT2D eigenvalue weighted by atomic mass is 10.1. The lowest BCUT2D eigenvalue weighted by Gasteiger charge is -2.31. The molecule has 0 bridgehead atoms. The Morgan fingerprint density at radius 2 is 1.78 bits per heavy atom. The first-order valence-electron chi connectivity index (χ1n) is 6.04. The van der Waals surface area contributed by atoms with E-state index in [4.69, 9.17) is 4.74 Å². The molecule has 1 aromatic rings. The normalized spacial score (nSPS) is 10.9. The van der Waals surface area contributed by atoms with Gasteiger partial charge in [-0.05, 0) is 68.5 Å². The van der Waals surface area contributed by atoms with Crippen LogP contribution < -0.4 is 4.74 Å². The van der Waals surface area contributed by atoms with E-state index >= 15 is 0 Å². The molecule has 3 nitrogen and oxygen atoms in total. The Kier molecular flexibility index (Phi) is 5.44. The second kappa shape index (κ2) is 6.41. The molecule has 1 aromatic carbocycles. The van der Waals surface area contributed by atoms with Gasteiger partial charge in [-0.2, -0.15) is 0 Å². The number of carbonyl (C=O) groups is 1. The van der Waals surface area contributed by atoms with Gasteiger partial charge in [-0.1, -0.05) is 0 Å². The Morgan fingerprint density at radius 1 is 1.22 bits per heavy atom. The summed E-state index contributed by atoms with van der Waals surface area (Å²) < 4.78 is 6.14. The zero-order valence-electron chi connectivity index (χ0n) is 11.5. The molecule has 0 aliphatic heterocycles. The second-order valence-electron chi connectivity index (χ2n) is 4.75. The quantitative estimate of drug-likeness (QED) is 0.768. The van der Waals surface area contributed by atoms with Crippen molar-refractivity contribution in [2.24, 2.45) is 0 Å². The van der Waals surface area contributed by atoms with E-state index in [1.807, 2.05) is 50.8 Å². The molecule has 0 aliphatic rings. The highest BCUT2D eigenvalue weighted by atomic mass is 127. The van der Waals surface area contributed by atoms with Crippen molar-refractivity contribution >= 4 is 28.5 Å². The van der Waals surface area contributed by atoms with E-state index in [-0.39, 0.29) is 18.0 Å². The number of benzene rings is 1. The smallest absolute Gasteiger partial charge is 0.255 e. The van der Waals surface area contributed by atoms with Crippen molar-refractivity contribution in [1.29, 1.82) is 0 Å². The molecule has 0 heterocycles. The van der Waals surface area contributed by atoms with Gasteiger partial charge in [0.2, 0.25) is 0 Å². The third-order valence-electron chi connectivity index (χ3n) is 2.75. The average Bonchev–Trinajstić information content (AvgIpc) is 2.28. The summed E-state index contributed by atoms with van der Waals surface area (Å²) in [6.45, 7) is 8.13. The van der Waals surface area contributed by atoms with Crippen molar-refractivity contribution in [3.63, 3.8) is 0 Å². The molecule has 1 amide bonds. The minimum absolute atomic E-state index is 0.0586. The van der Waals surface area contributed by atoms with Gasteiger partial charge >= 0.3 is 0 Å². The summed E-state index contributed by atoms with van der Waals surface area (Å²) in [7, 11) is 1.61. The van der Waals surface area contributed by atoms with E-state index in [0.717, 1.165) is 3.57 Å². The molecule has 0 saturated carbocycles. The molecule has 0 spiro atoms. The maximum Gasteiger partial charge on any atom is 0.255 e. The summed E-state index contributed by atoms with van der Waals surface area (Å²) in [6.07, 6.45) is 0. The maximum atomic E-state index is 12.6. The molecular weight excluding hydrogens is 341 g/mol. The molecule has 0 unspecified atom stereocenters. The van der Waals surface area contributed by atoms with Gasteiger partial charge in [0.05, 0.1) is 12.7 Å². The van der Waals surface area contributed by atoms with Crippen LogP contribution >= 0.6 is 22.6 Å². The first-order valence-corrected chi connectivity index (χ1v) is 7.12. The summed E-state index contributed by atoms with van der Waals surface area (Å²) in [5.74, 6) is 0.773. The van der Waals surface area contributed by atoms with Crippen molar-refractivity contribution < 1.29 is 9.53 Å². The average molecular weight is 361 g/mol. The molecule has 100 valence electrons. The number of ether oxygens (including phenoxy) is 1. The predicted molar refractivity (Wildman–Crippen MR) is 82.2 cm³/mol. The third-order valence-corrected chi connectivity index (χ3v) is 3.69. The van der Waals surface area contributed by atoms with E-state index in [1.165, 1.54) is 0 Å². The standard InChI is InChI=1S/C14H20INO2/c1-9(2)16(10(3)4)14(17)12-8-11(18-5)6-7-13(12)15/h6-10H,1-5H3. The fraction of sp³-hybridized carbons (Fsp3) is 0.500. The Morgan fingerprint density at radius 3 is 2.22 bits per heavy atom. The molecule has 4 heteroatoms. The second-order valence-corrected chi connectivity index (χ2v) is 5.91. The predicted octanol–water partition coefficient (Wildman–Crippen LogP) is 3.56. The van der Waals surface area contributed by atoms with Crippen LogP contribution in [0.5, 0.6) is 5.75 Å². The van der Waals surface area contributed by atoms with Crippen LogP contribution in [0.3, 0.4) is 0 Å². The topological polar surface area (TPSA) is 29.5 Å². The fourth-order valence-electron chi connectivity index (χ4n) is 2.00. The number of hydrogen-bond donors (Lipinski definition) is 0. The number of hydrogen-bond acceptors (Lipinski definition) is 2. The van der Waals surface area contributed by atoms with Crippen LogP contribution in [-0.4, -0.2) is 30.0 Å². The Hall–Kier alpha value is -0.780. The molecule has 0 atom stereocenters. The number of carbonyl (C=O) groups excluding carboxylic acids is 1. The van der Waals surface area contributed by atoms with Crippen LogP contribution in [0.4, 0.5) is 0 Å². The molecular formula is C14H20INO2. The van der Waals surface area contributed by atoms with E-state index in [2.05, 4.69) is 22.6 Å². The van der Waals surface area contributed by atoms with Crippen LogP contribution in [0.2, 0.25) is 0 Å². The van der Waals surface area contributed by atoms with Crippen LogP contribution in [0.1, 0.15) is 38.1 Å². The summed E-state index contributed by atoms with van der Waals surface area (Å²) in [6, 6.07) is 5.94. The Labute approximate surface area is 123 Å². The van der Waals surface area contributed by atoms with Crippen molar-refractivity contribution in [3.05, 3.63) is 27.3 Å². The van der Waals surface area contributed by atoms with Crippen molar-refractivity contribution in [2.75, 3.05) is 7.11 Å². The lowest BCUT2D eigenvalue weighted by molar-refractivity contribution is 0.0642. The lowest BCUT2D eigenvalue weighted by Crippen LogP contribution is -2.42. The van der Waals surface area contributed by atoms with Gasteiger partial charge in [0.25, 0.3) is 5.91 Å². The molecule has 0 aliphatic carbocycles. The monoisotopic (exact) mass is 361 g/mol. The SMILES string of the molecule is COc1ccc(I)c(C(=O)N(C(C)C)C(C)C)c1. The van der Waals surface area contributed by atoms with Gasteiger partial charge in [-0.25, -0.2) is 0 Å². The van der Waals surface area contributed by atoms with Crippen LogP contribution in [0.15, 0.2) is 18.2 Å². The third kappa shape index (κ3) is 3.37. The minimum Gasteiger partial charge on any atom is -0.497 e. The Balaban J connectivity index is 3.16. The summed E-state index contributed by atoms with van der Waals surface area (Å²) in [4.78, 5) is 14.5. The zero-order chi connectivity index (χ0) is 13.9. The molecule has 1 rings (SSSR count). The first-order chi connectivity index (χ1) is 8.38. The number of halogens is 1. The van der Waals surface area contributed by atoms with Crippen molar-refractivity contribution in [3.8, 4) is 5.75 Å². The zero-order valence-corrected chi connectivity index (χ0v) is 13.7. The van der Waals surface area contributed by atoms with Gasteiger partial charge in [0.1, 0.15) is 5.75 Å². The highest BCUT2D eigenvalue weighted by Crippen LogP contribution is 2.22. The van der Waals surface area contributed by atoms with E-state index < -0.39 is 0 Å². The number of nitrogens with zero attached hydrogens (tertiary/aromatic N) is 1. The molecule has 0 saturated heterocycles. The molecule has 18 heavy (non-hydrogen) atoms. The van der Waals surface area contributed by atoms with E-state index in [0.29, 0.717) is 11.3 Å². The first kappa shape index (κ1) is 15.3.